The molecule has 0 aliphatic rings. The molecule has 0 atom stereocenters. The van der Waals surface area contributed by atoms with Gasteiger partial charge in [-0.05, 0) is 37.6 Å². The summed E-state index contributed by atoms with van der Waals surface area (Å²) < 4.78 is 39.7. The van der Waals surface area contributed by atoms with Crippen LogP contribution in [0.25, 0.3) is 0 Å². The quantitative estimate of drug-likeness (QED) is 0.798. The molecule has 0 saturated heterocycles. The van der Waals surface area contributed by atoms with Crippen LogP contribution in [-0.2, 0) is 17.4 Å². The largest absolute Gasteiger partial charge is 0.416 e. The van der Waals surface area contributed by atoms with E-state index in [-0.39, 0.29) is 16.9 Å². The van der Waals surface area contributed by atoms with Crippen LogP contribution in [0.4, 0.5) is 18.9 Å². The zero-order valence-corrected chi connectivity index (χ0v) is 15.2. The number of halogens is 3. The first kappa shape index (κ1) is 21.0. The number of alkyl halides is 3. The first-order valence-electron chi connectivity index (χ1n) is 8.19. The standard InChI is InChI=1S/C20H18F3N3O2/c1-4-19(2,3)26(14-9-10-25-16(12-14)18(24)28)17(27)11-13-7-5-6-8-15(13)20(21,22)23/h1,5-10,12H,11H2,2-3H3,(H2,24,28). The molecule has 146 valence electrons. The van der Waals surface area contributed by atoms with Gasteiger partial charge in [-0.1, -0.05) is 24.1 Å². The second-order valence-electron chi connectivity index (χ2n) is 6.53. The number of nitrogens with zero attached hydrogens (tertiary/aromatic N) is 2. The normalized spacial score (nSPS) is 11.6. The molecular formula is C20H18F3N3O2. The lowest BCUT2D eigenvalue weighted by atomic mass is 9.99. The number of anilines is 1. The fraction of sp³-hybridized carbons (Fsp3) is 0.250. The number of benzene rings is 1. The molecule has 2 amide bonds. The Morgan fingerprint density at radius 3 is 2.43 bits per heavy atom. The molecule has 0 fully saturated rings. The second kappa shape index (κ2) is 7.72. The van der Waals surface area contributed by atoms with E-state index in [2.05, 4.69) is 10.9 Å². The minimum Gasteiger partial charge on any atom is -0.364 e. The van der Waals surface area contributed by atoms with Crippen LogP contribution in [0.5, 0.6) is 0 Å². The number of hydrogen-bond acceptors (Lipinski definition) is 3. The topological polar surface area (TPSA) is 76.3 Å². The minimum absolute atomic E-state index is 0.0983. The summed E-state index contributed by atoms with van der Waals surface area (Å²) in [6.07, 6.45) is 1.68. The highest BCUT2D eigenvalue weighted by molar-refractivity contribution is 5.98. The van der Waals surface area contributed by atoms with E-state index in [0.717, 1.165) is 11.0 Å². The molecule has 0 radical (unpaired) electrons. The van der Waals surface area contributed by atoms with Crippen LogP contribution < -0.4 is 10.6 Å². The molecule has 2 rings (SSSR count). The summed E-state index contributed by atoms with van der Waals surface area (Å²) in [6, 6.07) is 7.53. The van der Waals surface area contributed by atoms with Crippen molar-refractivity contribution in [3.8, 4) is 12.3 Å². The average molecular weight is 389 g/mol. The summed E-state index contributed by atoms with van der Waals surface area (Å²) in [5, 5.41) is 0. The Labute approximate surface area is 160 Å². The van der Waals surface area contributed by atoms with Crippen molar-refractivity contribution in [2.75, 3.05) is 4.90 Å². The zero-order valence-electron chi connectivity index (χ0n) is 15.2. The van der Waals surface area contributed by atoms with Gasteiger partial charge in [0.1, 0.15) is 11.2 Å². The van der Waals surface area contributed by atoms with Crippen molar-refractivity contribution in [3.05, 3.63) is 59.4 Å². The maximum atomic E-state index is 13.2. The van der Waals surface area contributed by atoms with Crippen LogP contribution >= 0.6 is 0 Å². The van der Waals surface area contributed by atoms with Gasteiger partial charge in [-0.2, -0.15) is 13.2 Å². The highest BCUT2D eigenvalue weighted by Gasteiger charge is 2.36. The van der Waals surface area contributed by atoms with Crippen molar-refractivity contribution < 1.29 is 22.8 Å². The van der Waals surface area contributed by atoms with Crippen LogP contribution in [0.15, 0.2) is 42.6 Å². The smallest absolute Gasteiger partial charge is 0.364 e. The first-order chi connectivity index (χ1) is 13.0. The van der Waals surface area contributed by atoms with E-state index >= 15 is 0 Å². The van der Waals surface area contributed by atoms with Gasteiger partial charge in [0, 0.05) is 11.9 Å². The SMILES string of the molecule is C#CC(C)(C)N(C(=O)Cc1ccccc1C(F)(F)F)c1ccnc(C(N)=O)c1. The Kier molecular flexibility index (Phi) is 5.78. The predicted octanol–water partition coefficient (Wildman–Crippen LogP) is 3.19. The van der Waals surface area contributed by atoms with Gasteiger partial charge >= 0.3 is 6.18 Å². The van der Waals surface area contributed by atoms with E-state index in [4.69, 9.17) is 12.2 Å². The van der Waals surface area contributed by atoms with Crippen molar-refractivity contribution in [2.24, 2.45) is 5.73 Å². The van der Waals surface area contributed by atoms with E-state index < -0.39 is 35.5 Å². The average Bonchev–Trinajstić information content (AvgIpc) is 2.61. The van der Waals surface area contributed by atoms with Crippen LogP contribution in [0.3, 0.4) is 0 Å². The molecule has 0 spiro atoms. The molecule has 28 heavy (non-hydrogen) atoms. The number of terminal acetylenes is 1. The number of primary amides is 1. The first-order valence-corrected chi connectivity index (χ1v) is 8.19. The summed E-state index contributed by atoms with van der Waals surface area (Å²) in [4.78, 5) is 29.4. The maximum Gasteiger partial charge on any atom is 0.416 e. The van der Waals surface area contributed by atoms with Crippen molar-refractivity contribution in [1.82, 2.24) is 4.98 Å². The number of aromatic nitrogens is 1. The van der Waals surface area contributed by atoms with Crippen LogP contribution in [-0.4, -0.2) is 22.3 Å². The number of rotatable bonds is 5. The molecule has 5 nitrogen and oxygen atoms in total. The molecule has 0 saturated carbocycles. The Bertz CT molecular complexity index is 946. The zero-order chi connectivity index (χ0) is 21.1. The molecule has 0 bridgehead atoms. The van der Waals surface area contributed by atoms with Gasteiger partial charge < -0.3 is 5.73 Å². The van der Waals surface area contributed by atoms with Gasteiger partial charge in [0.25, 0.3) is 5.91 Å². The Balaban J connectivity index is 2.50. The van der Waals surface area contributed by atoms with Crippen LogP contribution in [0.2, 0.25) is 0 Å². The fourth-order valence-corrected chi connectivity index (χ4v) is 2.73. The Morgan fingerprint density at radius 1 is 1.21 bits per heavy atom. The minimum atomic E-state index is -4.60. The highest BCUT2D eigenvalue weighted by atomic mass is 19.4. The second-order valence-corrected chi connectivity index (χ2v) is 6.53. The molecule has 0 aliphatic heterocycles. The molecule has 8 heteroatoms. The van der Waals surface area contributed by atoms with Gasteiger partial charge in [0.15, 0.2) is 0 Å². The molecule has 0 aliphatic carbocycles. The van der Waals surface area contributed by atoms with Crippen molar-refractivity contribution in [2.45, 2.75) is 32.0 Å². The van der Waals surface area contributed by atoms with Crippen molar-refractivity contribution in [3.63, 3.8) is 0 Å². The number of hydrogen-bond donors (Lipinski definition) is 1. The Morgan fingerprint density at radius 2 is 1.86 bits per heavy atom. The number of nitrogens with two attached hydrogens (primary N) is 1. The third kappa shape index (κ3) is 4.49. The lowest BCUT2D eigenvalue weighted by molar-refractivity contribution is -0.138. The number of amides is 2. The fourth-order valence-electron chi connectivity index (χ4n) is 2.73. The number of carbonyl (C=O) groups is 2. The highest BCUT2D eigenvalue weighted by Crippen LogP contribution is 2.33. The van der Waals surface area contributed by atoms with Gasteiger partial charge in [0.05, 0.1) is 12.0 Å². The van der Waals surface area contributed by atoms with Gasteiger partial charge in [-0.15, -0.1) is 6.42 Å². The third-order valence-corrected chi connectivity index (χ3v) is 4.08. The van der Waals surface area contributed by atoms with E-state index in [1.807, 2.05) is 0 Å². The molecule has 1 aromatic heterocycles. The van der Waals surface area contributed by atoms with E-state index in [9.17, 15) is 22.8 Å². The van der Waals surface area contributed by atoms with Crippen molar-refractivity contribution >= 4 is 17.5 Å². The molecule has 2 aromatic rings. The summed E-state index contributed by atoms with van der Waals surface area (Å²) in [5.74, 6) is 0.971. The van der Waals surface area contributed by atoms with E-state index in [1.54, 1.807) is 13.8 Å². The van der Waals surface area contributed by atoms with Gasteiger partial charge in [-0.3, -0.25) is 19.5 Å². The predicted molar refractivity (Wildman–Crippen MR) is 98.3 cm³/mol. The molecule has 1 aromatic carbocycles. The molecule has 1 heterocycles. The summed E-state index contributed by atoms with van der Waals surface area (Å²) >= 11 is 0. The Hall–Kier alpha value is -3.34. The lowest BCUT2D eigenvalue weighted by Gasteiger charge is -2.35. The van der Waals surface area contributed by atoms with Crippen LogP contribution in [0, 0.1) is 12.3 Å². The van der Waals surface area contributed by atoms with Crippen LogP contribution in [0.1, 0.15) is 35.5 Å². The summed E-state index contributed by atoms with van der Waals surface area (Å²) in [5.41, 5.74) is 3.08. The maximum absolute atomic E-state index is 13.2. The lowest BCUT2D eigenvalue weighted by Crippen LogP contribution is -2.48. The summed E-state index contributed by atoms with van der Waals surface area (Å²) in [7, 11) is 0. The number of carbonyl (C=O) groups excluding carboxylic acids is 2. The molecular weight excluding hydrogens is 371 g/mol. The van der Waals surface area contributed by atoms with Crippen molar-refractivity contribution in [1.29, 1.82) is 0 Å². The van der Waals surface area contributed by atoms with E-state index in [1.165, 1.54) is 36.5 Å². The van der Waals surface area contributed by atoms with E-state index in [0.29, 0.717) is 0 Å². The monoisotopic (exact) mass is 389 g/mol. The number of pyridine rings is 1. The molecule has 2 N–H and O–H groups in total. The van der Waals surface area contributed by atoms with Gasteiger partial charge in [0.2, 0.25) is 5.91 Å². The molecule has 0 unspecified atom stereocenters. The third-order valence-electron chi connectivity index (χ3n) is 4.08. The summed E-state index contributed by atoms with van der Waals surface area (Å²) in [6.45, 7) is 3.12. The van der Waals surface area contributed by atoms with Gasteiger partial charge in [-0.25, -0.2) is 0 Å².